The topological polar surface area (TPSA) is 114 Å². The maximum absolute atomic E-state index is 12.5. The number of ketones is 1. The van der Waals surface area contributed by atoms with Crippen molar-refractivity contribution in [3.8, 4) is 0 Å². The molecule has 1 aromatic rings. The third kappa shape index (κ3) is 3.52. The minimum Gasteiger partial charge on any atom is -0.395 e. The zero-order valence-corrected chi connectivity index (χ0v) is 13.5. The molecule has 0 bridgehead atoms. The van der Waals surface area contributed by atoms with Gasteiger partial charge >= 0.3 is 5.69 Å². The number of nitrogen functional groups attached to an aromatic ring is 1. The summed E-state index contributed by atoms with van der Waals surface area (Å²) in [6, 6.07) is 0. The lowest BCUT2D eigenvalue weighted by Crippen LogP contribution is -2.49. The average Bonchev–Trinajstić information content (AvgIpc) is 2.53. The van der Waals surface area contributed by atoms with E-state index in [0.29, 0.717) is 19.6 Å². The van der Waals surface area contributed by atoms with Crippen molar-refractivity contribution in [3.63, 3.8) is 0 Å². The molecule has 1 aliphatic heterocycles. The van der Waals surface area contributed by atoms with Crippen molar-refractivity contribution in [1.82, 2.24) is 18.9 Å². The van der Waals surface area contributed by atoms with Crippen molar-refractivity contribution in [2.24, 2.45) is 14.1 Å². The third-order valence-electron chi connectivity index (χ3n) is 4.24. The molecule has 3 N–H and O–H groups in total. The molecule has 0 aliphatic carbocycles. The predicted octanol–water partition coefficient (Wildman–Crippen LogP) is -2.54. The highest BCUT2D eigenvalue weighted by molar-refractivity contribution is 6.01. The fourth-order valence-corrected chi connectivity index (χ4v) is 2.72. The first-order chi connectivity index (χ1) is 10.9. The second-order valence-corrected chi connectivity index (χ2v) is 5.73. The van der Waals surface area contributed by atoms with Crippen LogP contribution in [0.3, 0.4) is 0 Å². The lowest BCUT2D eigenvalue weighted by atomic mass is 10.1. The minimum absolute atomic E-state index is 0.0879. The molecule has 9 heteroatoms. The van der Waals surface area contributed by atoms with Crippen LogP contribution in [0.4, 0.5) is 5.82 Å². The van der Waals surface area contributed by atoms with Crippen molar-refractivity contribution in [3.05, 3.63) is 26.4 Å². The molecule has 9 nitrogen and oxygen atoms in total. The largest absolute Gasteiger partial charge is 0.395 e. The SMILES string of the molecule is Cn1c(N)c(C(=O)CN2CCN(CCO)CC2)c(=O)n(C)c1=O. The van der Waals surface area contributed by atoms with Gasteiger partial charge in [-0.05, 0) is 0 Å². The van der Waals surface area contributed by atoms with E-state index >= 15 is 0 Å². The number of carbonyl (C=O) groups is 1. The van der Waals surface area contributed by atoms with Gasteiger partial charge in [0.1, 0.15) is 11.4 Å². The van der Waals surface area contributed by atoms with E-state index in [1.54, 1.807) is 0 Å². The number of Topliss-reactive ketones (excluding diaryl/α,β-unsaturated/α-hetero) is 1. The van der Waals surface area contributed by atoms with Gasteiger partial charge in [0.25, 0.3) is 5.56 Å². The zero-order valence-electron chi connectivity index (χ0n) is 13.5. The van der Waals surface area contributed by atoms with E-state index < -0.39 is 11.2 Å². The van der Waals surface area contributed by atoms with Gasteiger partial charge in [-0.15, -0.1) is 0 Å². The molecular formula is C14H23N5O4. The van der Waals surface area contributed by atoms with Crippen LogP contribution in [0.5, 0.6) is 0 Å². The summed E-state index contributed by atoms with van der Waals surface area (Å²) in [5.41, 5.74) is 4.45. The molecule has 0 amide bonds. The van der Waals surface area contributed by atoms with E-state index in [-0.39, 0.29) is 30.3 Å². The first kappa shape index (κ1) is 17.4. The average molecular weight is 325 g/mol. The molecule has 0 unspecified atom stereocenters. The fraction of sp³-hybridized carbons (Fsp3) is 0.643. The Morgan fingerprint density at radius 2 is 1.65 bits per heavy atom. The monoisotopic (exact) mass is 325 g/mol. The fourth-order valence-electron chi connectivity index (χ4n) is 2.72. The van der Waals surface area contributed by atoms with Crippen molar-refractivity contribution in [2.75, 3.05) is 51.6 Å². The van der Waals surface area contributed by atoms with Gasteiger partial charge < -0.3 is 10.8 Å². The molecule has 128 valence electrons. The molecule has 1 aliphatic rings. The molecule has 23 heavy (non-hydrogen) atoms. The molecule has 1 saturated heterocycles. The number of aliphatic hydroxyl groups is 1. The van der Waals surface area contributed by atoms with E-state index in [1.807, 2.05) is 4.90 Å². The van der Waals surface area contributed by atoms with Crippen LogP contribution in [0.1, 0.15) is 10.4 Å². The highest BCUT2D eigenvalue weighted by atomic mass is 16.3. The third-order valence-corrected chi connectivity index (χ3v) is 4.24. The number of rotatable bonds is 5. The number of aromatic nitrogens is 2. The van der Waals surface area contributed by atoms with Crippen molar-refractivity contribution >= 4 is 11.6 Å². The molecule has 0 atom stereocenters. The summed E-state index contributed by atoms with van der Waals surface area (Å²) in [7, 11) is 2.76. The van der Waals surface area contributed by atoms with E-state index in [4.69, 9.17) is 10.8 Å². The molecule has 2 rings (SSSR count). The van der Waals surface area contributed by atoms with Crippen LogP contribution >= 0.6 is 0 Å². The Bertz CT molecular complexity index is 700. The minimum atomic E-state index is -0.658. The van der Waals surface area contributed by atoms with Gasteiger partial charge in [0.15, 0.2) is 5.78 Å². The summed E-state index contributed by atoms with van der Waals surface area (Å²) in [6.45, 7) is 3.70. The highest BCUT2D eigenvalue weighted by Gasteiger charge is 2.24. The number of nitrogens with zero attached hydrogens (tertiary/aromatic N) is 4. The van der Waals surface area contributed by atoms with E-state index in [1.165, 1.54) is 14.1 Å². The molecule has 0 radical (unpaired) electrons. The Morgan fingerprint density at radius 3 is 2.22 bits per heavy atom. The predicted molar refractivity (Wildman–Crippen MR) is 85.6 cm³/mol. The summed E-state index contributed by atoms with van der Waals surface area (Å²) in [6.07, 6.45) is 0. The molecule has 1 fully saturated rings. The second-order valence-electron chi connectivity index (χ2n) is 5.73. The molecular weight excluding hydrogens is 302 g/mol. The van der Waals surface area contributed by atoms with Crippen LogP contribution in [-0.4, -0.2) is 75.7 Å². The van der Waals surface area contributed by atoms with Crippen molar-refractivity contribution < 1.29 is 9.90 Å². The van der Waals surface area contributed by atoms with E-state index in [9.17, 15) is 14.4 Å². The summed E-state index contributed by atoms with van der Waals surface area (Å²) < 4.78 is 2.00. The maximum atomic E-state index is 12.5. The summed E-state index contributed by atoms with van der Waals surface area (Å²) in [5.74, 6) is -0.476. The Labute approximate surface area is 133 Å². The van der Waals surface area contributed by atoms with Gasteiger partial charge in [0.2, 0.25) is 0 Å². The first-order valence-electron chi connectivity index (χ1n) is 7.51. The normalized spacial score (nSPS) is 16.7. The van der Waals surface area contributed by atoms with Crippen LogP contribution in [0, 0.1) is 0 Å². The Morgan fingerprint density at radius 1 is 1.09 bits per heavy atom. The van der Waals surface area contributed by atoms with Crippen molar-refractivity contribution in [2.45, 2.75) is 0 Å². The quantitative estimate of drug-likeness (QED) is 0.573. The van der Waals surface area contributed by atoms with Crippen LogP contribution in [-0.2, 0) is 14.1 Å². The summed E-state index contributed by atoms with van der Waals surface area (Å²) in [5, 5.41) is 8.93. The van der Waals surface area contributed by atoms with Gasteiger partial charge in [-0.25, -0.2) is 4.79 Å². The maximum Gasteiger partial charge on any atom is 0.332 e. The number of piperazine rings is 1. The highest BCUT2D eigenvalue weighted by Crippen LogP contribution is 2.07. The number of hydrogen-bond acceptors (Lipinski definition) is 7. The molecule has 0 spiro atoms. The number of hydrogen-bond donors (Lipinski definition) is 2. The van der Waals surface area contributed by atoms with Crippen LogP contribution < -0.4 is 17.0 Å². The van der Waals surface area contributed by atoms with Crippen LogP contribution in [0.25, 0.3) is 0 Å². The molecule has 0 saturated carbocycles. The van der Waals surface area contributed by atoms with Gasteiger partial charge in [-0.1, -0.05) is 0 Å². The second kappa shape index (κ2) is 7.07. The van der Waals surface area contributed by atoms with Gasteiger partial charge in [-0.3, -0.25) is 28.5 Å². The van der Waals surface area contributed by atoms with E-state index in [0.717, 1.165) is 22.2 Å². The number of aliphatic hydroxyl groups excluding tert-OH is 1. The van der Waals surface area contributed by atoms with Gasteiger partial charge in [0, 0.05) is 46.8 Å². The number of nitrogens with two attached hydrogens (primary N) is 1. The van der Waals surface area contributed by atoms with Gasteiger partial charge in [-0.2, -0.15) is 0 Å². The molecule has 0 aromatic carbocycles. The smallest absolute Gasteiger partial charge is 0.332 e. The Kier molecular flexibility index (Phi) is 5.34. The standard InChI is InChI=1S/C14H23N5O4/c1-16-12(15)11(13(22)17(2)14(16)23)10(21)9-19-5-3-18(4-6-19)7-8-20/h20H,3-9,15H2,1-2H3. The number of β-amino-alcohol motifs (C(OH)–C–C–N with tert-alkyl or cyclic N) is 1. The van der Waals surface area contributed by atoms with Crippen LogP contribution in [0.2, 0.25) is 0 Å². The Balaban J connectivity index is 2.14. The number of carbonyl (C=O) groups excluding carboxylic acids is 1. The number of anilines is 1. The van der Waals surface area contributed by atoms with Gasteiger partial charge in [0.05, 0.1) is 13.2 Å². The molecule has 1 aromatic heterocycles. The summed E-state index contributed by atoms with van der Waals surface area (Å²) in [4.78, 5) is 40.5. The first-order valence-corrected chi connectivity index (χ1v) is 7.51. The summed E-state index contributed by atoms with van der Waals surface area (Å²) >= 11 is 0. The molecule has 2 heterocycles. The zero-order chi connectivity index (χ0) is 17.1. The lowest BCUT2D eigenvalue weighted by molar-refractivity contribution is 0.0821. The van der Waals surface area contributed by atoms with Crippen molar-refractivity contribution in [1.29, 1.82) is 0 Å². The Hall–Kier alpha value is -1.97. The lowest BCUT2D eigenvalue weighted by Gasteiger charge is -2.33. The van der Waals surface area contributed by atoms with Crippen LogP contribution in [0.15, 0.2) is 9.59 Å². The van der Waals surface area contributed by atoms with E-state index in [2.05, 4.69) is 4.90 Å².